The average Bonchev–Trinajstić information content (AvgIpc) is 2.59. The largest absolute Gasteiger partial charge is 0.478 e. The van der Waals surface area contributed by atoms with Crippen molar-refractivity contribution in [2.75, 3.05) is 7.11 Å². The van der Waals surface area contributed by atoms with Crippen molar-refractivity contribution < 1.29 is 37.5 Å². The predicted octanol–water partition coefficient (Wildman–Crippen LogP) is 2.63. The van der Waals surface area contributed by atoms with E-state index in [4.69, 9.17) is 0 Å². The number of nitrogens with zero attached hydrogens (tertiary/aromatic N) is 1. The molecule has 8 nitrogen and oxygen atoms in total. The molecule has 27 heavy (non-hydrogen) atoms. The summed E-state index contributed by atoms with van der Waals surface area (Å²) in [5.41, 5.74) is -4.00. The SMILES string of the molecule is COC(=O)C1=C(C(F)(F)F)NC(C)=C(C(=O)O)C1c1cccc([N+](=O)[O-])c1. The van der Waals surface area contributed by atoms with E-state index in [9.17, 15) is 38.0 Å². The molecule has 1 heterocycles. The van der Waals surface area contributed by atoms with Gasteiger partial charge in [0.2, 0.25) is 0 Å². The van der Waals surface area contributed by atoms with E-state index in [2.05, 4.69) is 4.74 Å². The molecule has 2 N–H and O–H groups in total. The van der Waals surface area contributed by atoms with Gasteiger partial charge < -0.3 is 15.2 Å². The number of carbonyl (C=O) groups is 2. The van der Waals surface area contributed by atoms with Gasteiger partial charge in [0.25, 0.3) is 5.69 Å². The Morgan fingerprint density at radius 2 is 1.93 bits per heavy atom. The first-order chi connectivity index (χ1) is 12.5. The highest BCUT2D eigenvalue weighted by molar-refractivity contribution is 5.99. The Bertz CT molecular complexity index is 888. The van der Waals surface area contributed by atoms with E-state index < -0.39 is 51.5 Å². The van der Waals surface area contributed by atoms with Crippen LogP contribution in [0.1, 0.15) is 18.4 Å². The number of nitro benzene ring substituents is 1. The van der Waals surface area contributed by atoms with E-state index in [1.807, 2.05) is 5.32 Å². The van der Waals surface area contributed by atoms with E-state index in [0.717, 1.165) is 26.2 Å². The molecule has 1 unspecified atom stereocenters. The van der Waals surface area contributed by atoms with E-state index >= 15 is 0 Å². The Morgan fingerprint density at radius 3 is 2.41 bits per heavy atom. The van der Waals surface area contributed by atoms with Crippen LogP contribution in [0.15, 0.2) is 46.8 Å². The van der Waals surface area contributed by atoms with Gasteiger partial charge in [-0.3, -0.25) is 10.1 Å². The number of carboxylic acids is 1. The number of carboxylic acid groups (broad SMARTS) is 1. The Labute approximate surface area is 150 Å². The second-order valence-electron chi connectivity index (χ2n) is 5.53. The molecule has 144 valence electrons. The predicted molar refractivity (Wildman–Crippen MR) is 84.4 cm³/mol. The first-order valence-corrected chi connectivity index (χ1v) is 7.34. The van der Waals surface area contributed by atoms with Crippen LogP contribution in [0.2, 0.25) is 0 Å². The number of carbonyl (C=O) groups excluding carboxylic acids is 1. The number of nitrogens with one attached hydrogen (secondary N) is 1. The first-order valence-electron chi connectivity index (χ1n) is 7.34. The van der Waals surface area contributed by atoms with Crippen molar-refractivity contribution in [2.24, 2.45) is 0 Å². The van der Waals surface area contributed by atoms with Gasteiger partial charge in [-0.1, -0.05) is 12.1 Å². The van der Waals surface area contributed by atoms with Gasteiger partial charge in [0, 0.05) is 17.8 Å². The van der Waals surface area contributed by atoms with Crippen molar-refractivity contribution in [1.29, 1.82) is 0 Å². The molecule has 0 amide bonds. The minimum Gasteiger partial charge on any atom is -0.478 e. The summed E-state index contributed by atoms with van der Waals surface area (Å²) in [6.07, 6.45) is -5.02. The minimum absolute atomic E-state index is 0.162. The van der Waals surface area contributed by atoms with Crippen molar-refractivity contribution in [2.45, 2.75) is 19.0 Å². The highest BCUT2D eigenvalue weighted by atomic mass is 19.4. The number of non-ortho nitro benzene ring substituents is 1. The summed E-state index contributed by atoms with van der Waals surface area (Å²) in [7, 11) is 0.847. The number of dihydropyridines is 1. The molecule has 1 aliphatic heterocycles. The monoisotopic (exact) mass is 386 g/mol. The van der Waals surface area contributed by atoms with Crippen molar-refractivity contribution in [3.8, 4) is 0 Å². The maximum Gasteiger partial charge on any atom is 0.431 e. The van der Waals surface area contributed by atoms with Gasteiger partial charge >= 0.3 is 18.1 Å². The lowest BCUT2D eigenvalue weighted by molar-refractivity contribution is -0.384. The molecule has 0 aliphatic carbocycles. The second-order valence-corrected chi connectivity index (χ2v) is 5.53. The smallest absolute Gasteiger partial charge is 0.431 e. The lowest BCUT2D eigenvalue weighted by atomic mass is 9.80. The van der Waals surface area contributed by atoms with Gasteiger partial charge in [0.15, 0.2) is 0 Å². The number of esters is 1. The molecule has 0 fully saturated rings. The normalized spacial score (nSPS) is 17.4. The number of nitro groups is 1. The number of rotatable bonds is 4. The number of aliphatic carboxylic acids is 1. The molecule has 0 saturated carbocycles. The number of benzene rings is 1. The molecule has 1 atom stereocenters. The van der Waals surface area contributed by atoms with Crippen LogP contribution in [0.5, 0.6) is 0 Å². The molecule has 2 rings (SSSR count). The van der Waals surface area contributed by atoms with E-state index in [-0.39, 0.29) is 11.3 Å². The Balaban J connectivity index is 2.85. The highest BCUT2D eigenvalue weighted by Gasteiger charge is 2.47. The number of allylic oxidation sites excluding steroid dienone is 2. The van der Waals surface area contributed by atoms with Crippen molar-refractivity contribution >= 4 is 17.6 Å². The third-order valence-electron chi connectivity index (χ3n) is 3.90. The highest BCUT2D eigenvalue weighted by Crippen LogP contribution is 2.43. The molecule has 0 saturated heterocycles. The minimum atomic E-state index is -5.02. The maximum absolute atomic E-state index is 13.5. The van der Waals surface area contributed by atoms with Gasteiger partial charge in [-0.05, 0) is 12.5 Å². The zero-order valence-corrected chi connectivity index (χ0v) is 14.0. The summed E-state index contributed by atoms with van der Waals surface area (Å²) in [6, 6.07) is 4.40. The van der Waals surface area contributed by atoms with Gasteiger partial charge in [-0.2, -0.15) is 13.2 Å². The fourth-order valence-electron chi connectivity index (χ4n) is 2.82. The van der Waals surface area contributed by atoms with Crippen LogP contribution in [0.25, 0.3) is 0 Å². The summed E-state index contributed by atoms with van der Waals surface area (Å²) in [5.74, 6) is -4.70. The molecule has 0 spiro atoms. The molecule has 1 aromatic rings. The number of halogens is 3. The number of hydrogen-bond acceptors (Lipinski definition) is 6. The maximum atomic E-state index is 13.5. The number of ether oxygens (including phenoxy) is 1. The van der Waals surface area contributed by atoms with Gasteiger partial charge in [-0.15, -0.1) is 0 Å². The molecule has 1 aromatic carbocycles. The molecule has 1 aliphatic rings. The number of alkyl halides is 3. The van der Waals surface area contributed by atoms with Gasteiger partial charge in [0.1, 0.15) is 5.70 Å². The summed E-state index contributed by atoms with van der Waals surface area (Å²) in [6.45, 7) is 1.10. The third kappa shape index (κ3) is 3.76. The molecule has 0 aromatic heterocycles. The number of methoxy groups -OCH3 is 1. The summed E-state index contributed by atoms with van der Waals surface area (Å²) < 4.78 is 44.9. The van der Waals surface area contributed by atoms with E-state index in [1.165, 1.54) is 12.1 Å². The van der Waals surface area contributed by atoms with Crippen LogP contribution in [-0.2, 0) is 14.3 Å². The first kappa shape index (κ1) is 19.9. The zero-order valence-electron chi connectivity index (χ0n) is 14.0. The average molecular weight is 386 g/mol. The molecular weight excluding hydrogens is 373 g/mol. The van der Waals surface area contributed by atoms with Crippen LogP contribution in [0, 0.1) is 10.1 Å². The number of hydrogen-bond donors (Lipinski definition) is 2. The van der Waals surface area contributed by atoms with Crippen LogP contribution in [0.3, 0.4) is 0 Å². The summed E-state index contributed by atoms with van der Waals surface area (Å²) >= 11 is 0. The lowest BCUT2D eigenvalue weighted by Crippen LogP contribution is -2.38. The Kier molecular flexibility index (Phi) is 5.24. The molecule has 0 radical (unpaired) electrons. The van der Waals surface area contributed by atoms with E-state index in [1.54, 1.807) is 0 Å². The van der Waals surface area contributed by atoms with Crippen molar-refractivity contribution in [3.63, 3.8) is 0 Å². The Hall–Kier alpha value is -3.37. The standard InChI is InChI=1S/C16H13F3N2O6/c1-7-10(14(22)23)11(8-4-3-5-9(6-8)21(25)26)12(15(24)27-2)13(20-7)16(17,18)19/h3-6,11,20H,1-2H3,(H,22,23). The summed E-state index contributed by atoms with van der Waals surface area (Å²) in [4.78, 5) is 34.0. The van der Waals surface area contributed by atoms with Crippen LogP contribution >= 0.6 is 0 Å². The third-order valence-corrected chi connectivity index (χ3v) is 3.90. The zero-order chi connectivity index (χ0) is 20.5. The Morgan fingerprint density at radius 1 is 1.30 bits per heavy atom. The lowest BCUT2D eigenvalue weighted by Gasteiger charge is -2.31. The van der Waals surface area contributed by atoms with Gasteiger partial charge in [0.05, 0.1) is 29.1 Å². The fraction of sp³-hybridized carbons (Fsp3) is 0.250. The molecule has 0 bridgehead atoms. The second kappa shape index (κ2) is 7.09. The van der Waals surface area contributed by atoms with Gasteiger partial charge in [-0.25, -0.2) is 9.59 Å². The fourth-order valence-corrected chi connectivity index (χ4v) is 2.82. The molecule has 11 heteroatoms. The van der Waals surface area contributed by atoms with Crippen molar-refractivity contribution in [1.82, 2.24) is 5.32 Å². The van der Waals surface area contributed by atoms with Crippen LogP contribution < -0.4 is 5.32 Å². The van der Waals surface area contributed by atoms with Crippen LogP contribution in [0.4, 0.5) is 18.9 Å². The van der Waals surface area contributed by atoms with Crippen LogP contribution in [-0.4, -0.2) is 35.3 Å². The topological polar surface area (TPSA) is 119 Å². The quantitative estimate of drug-likeness (QED) is 0.464. The van der Waals surface area contributed by atoms with Crippen molar-refractivity contribution in [3.05, 3.63) is 62.5 Å². The summed E-state index contributed by atoms with van der Waals surface area (Å²) in [5, 5.41) is 22.4. The van der Waals surface area contributed by atoms with E-state index in [0.29, 0.717) is 0 Å². The molecular formula is C16H13F3N2O6.